The number of hydrogen-bond acceptors (Lipinski definition) is 3. The van der Waals surface area contributed by atoms with Crippen molar-refractivity contribution >= 4 is 24.3 Å². The predicted octanol–water partition coefficient (Wildman–Crippen LogP) is 3.73. The minimum absolute atomic E-state index is 0. The van der Waals surface area contributed by atoms with Crippen molar-refractivity contribution in [1.29, 1.82) is 0 Å². The molecular weight excluding hydrogens is 296 g/mol. The van der Waals surface area contributed by atoms with Gasteiger partial charge in [-0.3, -0.25) is 9.78 Å². The van der Waals surface area contributed by atoms with Crippen molar-refractivity contribution in [2.24, 2.45) is 0 Å². The number of aromatic nitrogens is 1. The molecule has 0 radical (unpaired) electrons. The van der Waals surface area contributed by atoms with Crippen LogP contribution in [0.25, 0.3) is 5.57 Å². The molecule has 112 valence electrons. The van der Waals surface area contributed by atoms with E-state index in [0.29, 0.717) is 5.56 Å². The SMILES string of the molecule is Cl.O=Cc1ccc(CN2C=CC(c3ccncc3)=CC2)cc1. The Balaban J connectivity index is 0.00000176. The summed E-state index contributed by atoms with van der Waals surface area (Å²) < 4.78 is 0. The quantitative estimate of drug-likeness (QED) is 0.807. The monoisotopic (exact) mass is 312 g/mol. The second-order valence-electron chi connectivity index (χ2n) is 5.00. The van der Waals surface area contributed by atoms with E-state index < -0.39 is 0 Å². The van der Waals surface area contributed by atoms with Crippen LogP contribution in [0.5, 0.6) is 0 Å². The number of benzene rings is 1. The van der Waals surface area contributed by atoms with Crippen LogP contribution >= 0.6 is 12.4 Å². The molecule has 3 nitrogen and oxygen atoms in total. The first kappa shape index (κ1) is 16.0. The Morgan fingerprint density at radius 3 is 2.41 bits per heavy atom. The first-order valence-electron chi connectivity index (χ1n) is 6.92. The average Bonchev–Trinajstić information content (AvgIpc) is 2.57. The molecule has 0 atom stereocenters. The molecule has 0 fully saturated rings. The van der Waals surface area contributed by atoms with Crippen LogP contribution in [0.2, 0.25) is 0 Å². The highest BCUT2D eigenvalue weighted by molar-refractivity contribution is 5.85. The van der Waals surface area contributed by atoms with Crippen LogP contribution in [-0.4, -0.2) is 22.7 Å². The van der Waals surface area contributed by atoms with Gasteiger partial charge in [0.15, 0.2) is 0 Å². The van der Waals surface area contributed by atoms with Crippen molar-refractivity contribution in [1.82, 2.24) is 9.88 Å². The first-order chi connectivity index (χ1) is 10.3. The van der Waals surface area contributed by atoms with Gasteiger partial charge in [-0.05, 0) is 34.9 Å². The Bertz CT molecular complexity index is 678. The van der Waals surface area contributed by atoms with E-state index in [1.165, 1.54) is 16.7 Å². The lowest BCUT2D eigenvalue weighted by Crippen LogP contribution is -2.19. The number of rotatable bonds is 4. The Hall–Kier alpha value is -2.39. The zero-order chi connectivity index (χ0) is 14.5. The van der Waals surface area contributed by atoms with Gasteiger partial charge in [0, 0.05) is 37.2 Å². The Morgan fingerprint density at radius 2 is 1.82 bits per heavy atom. The van der Waals surface area contributed by atoms with Crippen LogP contribution in [0.1, 0.15) is 21.5 Å². The van der Waals surface area contributed by atoms with Crippen LogP contribution in [0.15, 0.2) is 67.1 Å². The molecule has 0 unspecified atom stereocenters. The zero-order valence-electron chi connectivity index (χ0n) is 12.1. The number of carbonyl (C=O) groups excluding carboxylic acids is 1. The van der Waals surface area contributed by atoms with E-state index in [0.717, 1.165) is 19.4 Å². The highest BCUT2D eigenvalue weighted by Crippen LogP contribution is 2.19. The minimum atomic E-state index is 0. The van der Waals surface area contributed by atoms with Gasteiger partial charge in [-0.15, -0.1) is 12.4 Å². The lowest BCUT2D eigenvalue weighted by Gasteiger charge is -2.23. The third-order valence-electron chi connectivity index (χ3n) is 3.53. The maximum atomic E-state index is 10.6. The number of allylic oxidation sites excluding steroid dienone is 2. The van der Waals surface area contributed by atoms with E-state index in [4.69, 9.17) is 0 Å². The van der Waals surface area contributed by atoms with E-state index in [9.17, 15) is 4.79 Å². The number of carbonyl (C=O) groups is 1. The molecule has 0 spiro atoms. The maximum Gasteiger partial charge on any atom is 0.150 e. The van der Waals surface area contributed by atoms with Crippen LogP contribution < -0.4 is 0 Å². The molecule has 0 amide bonds. The van der Waals surface area contributed by atoms with Gasteiger partial charge in [-0.25, -0.2) is 0 Å². The van der Waals surface area contributed by atoms with Crippen LogP contribution in [0.3, 0.4) is 0 Å². The second kappa shape index (κ2) is 7.57. The Labute approximate surface area is 136 Å². The minimum Gasteiger partial charge on any atom is -0.369 e. The highest BCUT2D eigenvalue weighted by atomic mass is 35.5. The number of aldehydes is 1. The summed E-state index contributed by atoms with van der Waals surface area (Å²) in [6.07, 6.45) is 10.9. The number of hydrogen-bond donors (Lipinski definition) is 0. The molecule has 0 saturated carbocycles. The lowest BCUT2D eigenvalue weighted by molar-refractivity contribution is 0.112. The van der Waals surface area contributed by atoms with Gasteiger partial charge in [0.25, 0.3) is 0 Å². The van der Waals surface area contributed by atoms with Crippen molar-refractivity contribution in [2.75, 3.05) is 6.54 Å². The summed E-state index contributed by atoms with van der Waals surface area (Å²) in [5.74, 6) is 0. The second-order valence-corrected chi connectivity index (χ2v) is 5.00. The third-order valence-corrected chi connectivity index (χ3v) is 3.53. The molecule has 0 bridgehead atoms. The van der Waals surface area contributed by atoms with Crippen molar-refractivity contribution in [3.8, 4) is 0 Å². The van der Waals surface area contributed by atoms with Crippen LogP contribution in [-0.2, 0) is 6.54 Å². The summed E-state index contributed by atoms with van der Waals surface area (Å²) >= 11 is 0. The van der Waals surface area contributed by atoms with E-state index in [-0.39, 0.29) is 12.4 Å². The smallest absolute Gasteiger partial charge is 0.150 e. The van der Waals surface area contributed by atoms with Gasteiger partial charge >= 0.3 is 0 Å². The lowest BCUT2D eigenvalue weighted by atomic mass is 10.0. The normalized spacial score (nSPS) is 13.3. The Kier molecular flexibility index (Phi) is 5.50. The molecule has 3 rings (SSSR count). The van der Waals surface area contributed by atoms with E-state index in [2.05, 4.69) is 28.2 Å². The van der Waals surface area contributed by atoms with Crippen molar-refractivity contribution in [2.45, 2.75) is 6.54 Å². The fourth-order valence-corrected chi connectivity index (χ4v) is 2.34. The van der Waals surface area contributed by atoms with Gasteiger partial charge in [-0.1, -0.05) is 30.3 Å². The summed E-state index contributed by atoms with van der Waals surface area (Å²) in [4.78, 5) is 16.9. The van der Waals surface area contributed by atoms with Crippen molar-refractivity contribution in [3.05, 3.63) is 83.8 Å². The topological polar surface area (TPSA) is 33.2 Å². The summed E-state index contributed by atoms with van der Waals surface area (Å²) in [6.45, 7) is 1.72. The average molecular weight is 313 g/mol. The number of halogens is 1. The van der Waals surface area contributed by atoms with Crippen LogP contribution in [0, 0.1) is 0 Å². The molecule has 4 heteroatoms. The molecule has 2 heterocycles. The molecule has 0 aliphatic carbocycles. The molecule has 0 saturated heterocycles. The molecule has 1 aliphatic rings. The van der Waals surface area contributed by atoms with Gasteiger partial charge in [0.05, 0.1) is 0 Å². The summed E-state index contributed by atoms with van der Waals surface area (Å²) in [7, 11) is 0. The summed E-state index contributed by atoms with van der Waals surface area (Å²) in [5.41, 5.74) is 4.33. The summed E-state index contributed by atoms with van der Waals surface area (Å²) in [5, 5.41) is 0. The van der Waals surface area contributed by atoms with E-state index in [1.807, 2.05) is 48.8 Å². The van der Waals surface area contributed by atoms with Crippen molar-refractivity contribution in [3.63, 3.8) is 0 Å². The molecule has 0 N–H and O–H groups in total. The fraction of sp³-hybridized carbons (Fsp3) is 0.111. The molecule has 2 aromatic rings. The standard InChI is InChI=1S/C18H16N2O.ClH/c21-14-16-3-1-15(2-4-16)13-20-11-7-18(8-12-20)17-5-9-19-10-6-17;/h1-11,14H,12-13H2;1H. The van der Waals surface area contributed by atoms with Gasteiger partial charge in [0.1, 0.15) is 6.29 Å². The highest BCUT2D eigenvalue weighted by Gasteiger charge is 2.07. The zero-order valence-corrected chi connectivity index (χ0v) is 12.9. The number of nitrogens with zero attached hydrogens (tertiary/aromatic N) is 2. The van der Waals surface area contributed by atoms with Gasteiger partial charge in [-0.2, -0.15) is 0 Å². The van der Waals surface area contributed by atoms with Gasteiger partial charge < -0.3 is 4.90 Å². The third kappa shape index (κ3) is 3.83. The number of pyridine rings is 1. The molecule has 1 aliphatic heterocycles. The molecule has 22 heavy (non-hydrogen) atoms. The van der Waals surface area contributed by atoms with E-state index >= 15 is 0 Å². The largest absolute Gasteiger partial charge is 0.369 e. The molecular formula is C18H17ClN2O. The van der Waals surface area contributed by atoms with Crippen molar-refractivity contribution < 1.29 is 4.79 Å². The molecule has 1 aromatic heterocycles. The fourth-order valence-electron chi connectivity index (χ4n) is 2.34. The maximum absolute atomic E-state index is 10.6. The van der Waals surface area contributed by atoms with Crippen LogP contribution in [0.4, 0.5) is 0 Å². The summed E-state index contributed by atoms with van der Waals surface area (Å²) in [6, 6.07) is 11.7. The Morgan fingerprint density at radius 1 is 1.09 bits per heavy atom. The van der Waals surface area contributed by atoms with Gasteiger partial charge in [0.2, 0.25) is 0 Å². The molecule has 1 aromatic carbocycles. The predicted molar refractivity (Wildman–Crippen MR) is 90.8 cm³/mol. The van der Waals surface area contributed by atoms with E-state index in [1.54, 1.807) is 0 Å². The first-order valence-corrected chi connectivity index (χ1v) is 6.92.